The van der Waals surface area contributed by atoms with Crippen LogP contribution in [0.5, 0.6) is 5.75 Å². The average molecular weight is 234 g/mol. The van der Waals surface area contributed by atoms with E-state index >= 15 is 0 Å². The fourth-order valence-electron chi connectivity index (χ4n) is 2.17. The van der Waals surface area contributed by atoms with E-state index in [9.17, 15) is 0 Å². The zero-order valence-electron chi connectivity index (χ0n) is 10.5. The third kappa shape index (κ3) is 3.93. The molecule has 0 spiro atoms. The van der Waals surface area contributed by atoms with E-state index in [1.54, 1.807) is 0 Å². The number of anilines is 1. The molecule has 17 heavy (non-hydrogen) atoms. The fraction of sp³-hybridized carbons (Fsp3) is 0.571. The lowest BCUT2D eigenvalue weighted by atomic mass is 10.1. The second-order valence-electron chi connectivity index (χ2n) is 4.49. The summed E-state index contributed by atoms with van der Waals surface area (Å²) in [5, 5.41) is 7.00. The van der Waals surface area contributed by atoms with Gasteiger partial charge in [-0.2, -0.15) is 0 Å². The molecular formula is C14H22N2O. The van der Waals surface area contributed by atoms with Crippen molar-refractivity contribution in [3.63, 3.8) is 0 Å². The average Bonchev–Trinajstić information content (AvgIpc) is 2.40. The van der Waals surface area contributed by atoms with Crippen LogP contribution in [-0.4, -0.2) is 25.7 Å². The molecule has 1 aliphatic heterocycles. The first-order valence-corrected chi connectivity index (χ1v) is 6.58. The van der Waals surface area contributed by atoms with Gasteiger partial charge in [0.05, 0.1) is 6.61 Å². The normalized spacial score (nSPS) is 19.9. The van der Waals surface area contributed by atoms with Crippen LogP contribution in [0, 0.1) is 0 Å². The monoisotopic (exact) mass is 234 g/mol. The van der Waals surface area contributed by atoms with Crippen molar-refractivity contribution >= 4 is 5.69 Å². The summed E-state index contributed by atoms with van der Waals surface area (Å²) in [7, 11) is 0. The van der Waals surface area contributed by atoms with Gasteiger partial charge in [0, 0.05) is 18.3 Å². The molecule has 1 atom stereocenters. The largest absolute Gasteiger partial charge is 0.494 e. The molecule has 1 unspecified atom stereocenters. The van der Waals surface area contributed by atoms with Crippen molar-refractivity contribution in [1.29, 1.82) is 0 Å². The summed E-state index contributed by atoms with van der Waals surface area (Å²) in [4.78, 5) is 0. The number of ether oxygens (including phenoxy) is 1. The number of benzene rings is 1. The molecule has 1 fully saturated rings. The van der Waals surface area contributed by atoms with Crippen LogP contribution in [-0.2, 0) is 0 Å². The SMILES string of the molecule is CCOc1ccc(NCC2CCCCN2)cc1. The van der Waals surface area contributed by atoms with Gasteiger partial charge < -0.3 is 15.4 Å². The smallest absolute Gasteiger partial charge is 0.119 e. The van der Waals surface area contributed by atoms with Crippen LogP contribution >= 0.6 is 0 Å². The second kappa shape index (κ2) is 6.50. The van der Waals surface area contributed by atoms with Crippen molar-refractivity contribution in [3.8, 4) is 5.75 Å². The third-order valence-electron chi connectivity index (χ3n) is 3.13. The minimum absolute atomic E-state index is 0.621. The Bertz CT molecular complexity index is 317. The molecule has 1 saturated heterocycles. The zero-order valence-corrected chi connectivity index (χ0v) is 10.5. The minimum Gasteiger partial charge on any atom is -0.494 e. The van der Waals surface area contributed by atoms with E-state index in [0.29, 0.717) is 6.04 Å². The van der Waals surface area contributed by atoms with Gasteiger partial charge in [-0.05, 0) is 50.6 Å². The van der Waals surface area contributed by atoms with E-state index in [0.717, 1.165) is 25.4 Å². The molecule has 3 heteroatoms. The summed E-state index contributed by atoms with van der Waals surface area (Å²) >= 11 is 0. The maximum absolute atomic E-state index is 5.42. The van der Waals surface area contributed by atoms with E-state index in [1.807, 2.05) is 19.1 Å². The Kier molecular flexibility index (Phi) is 4.68. The van der Waals surface area contributed by atoms with Gasteiger partial charge >= 0.3 is 0 Å². The Balaban J connectivity index is 1.77. The fourth-order valence-corrected chi connectivity index (χ4v) is 2.17. The second-order valence-corrected chi connectivity index (χ2v) is 4.49. The molecule has 2 N–H and O–H groups in total. The van der Waals surface area contributed by atoms with E-state index in [1.165, 1.54) is 24.9 Å². The molecule has 0 radical (unpaired) electrons. The van der Waals surface area contributed by atoms with Crippen molar-refractivity contribution in [3.05, 3.63) is 24.3 Å². The van der Waals surface area contributed by atoms with Crippen molar-refractivity contribution in [2.24, 2.45) is 0 Å². The van der Waals surface area contributed by atoms with E-state index < -0.39 is 0 Å². The van der Waals surface area contributed by atoms with Crippen LogP contribution in [0.1, 0.15) is 26.2 Å². The Morgan fingerprint density at radius 2 is 2.12 bits per heavy atom. The molecule has 0 bridgehead atoms. The van der Waals surface area contributed by atoms with Gasteiger partial charge in [-0.1, -0.05) is 6.42 Å². The highest BCUT2D eigenvalue weighted by molar-refractivity contribution is 5.46. The van der Waals surface area contributed by atoms with Gasteiger partial charge in [-0.3, -0.25) is 0 Å². The highest BCUT2D eigenvalue weighted by Crippen LogP contribution is 2.16. The summed E-state index contributed by atoms with van der Waals surface area (Å²) in [6, 6.07) is 8.80. The Morgan fingerprint density at radius 3 is 2.76 bits per heavy atom. The lowest BCUT2D eigenvalue weighted by molar-refractivity contribution is 0.340. The molecule has 0 amide bonds. The van der Waals surface area contributed by atoms with E-state index in [2.05, 4.69) is 22.8 Å². The zero-order chi connectivity index (χ0) is 11.9. The van der Waals surface area contributed by atoms with Crippen molar-refractivity contribution in [2.75, 3.05) is 25.0 Å². The lowest BCUT2D eigenvalue weighted by Gasteiger charge is -2.24. The van der Waals surface area contributed by atoms with E-state index in [-0.39, 0.29) is 0 Å². The Labute approximate surface area is 104 Å². The van der Waals surface area contributed by atoms with Crippen molar-refractivity contribution < 1.29 is 4.74 Å². The number of piperidine rings is 1. The van der Waals surface area contributed by atoms with Crippen LogP contribution in [0.25, 0.3) is 0 Å². The van der Waals surface area contributed by atoms with Crippen LogP contribution in [0.3, 0.4) is 0 Å². The summed E-state index contributed by atoms with van der Waals surface area (Å²) in [6.07, 6.45) is 3.95. The molecule has 1 aromatic carbocycles. The van der Waals surface area contributed by atoms with Crippen LogP contribution in [0.2, 0.25) is 0 Å². The molecule has 3 nitrogen and oxygen atoms in total. The first-order valence-electron chi connectivity index (χ1n) is 6.58. The quantitative estimate of drug-likeness (QED) is 0.821. The third-order valence-corrected chi connectivity index (χ3v) is 3.13. The maximum atomic E-state index is 5.42. The predicted molar refractivity (Wildman–Crippen MR) is 71.7 cm³/mol. The molecule has 1 aliphatic rings. The summed E-state index contributed by atoms with van der Waals surface area (Å²) < 4.78 is 5.42. The summed E-state index contributed by atoms with van der Waals surface area (Å²) in [6.45, 7) is 4.89. The first-order chi connectivity index (χ1) is 8.38. The van der Waals surface area contributed by atoms with Crippen molar-refractivity contribution in [1.82, 2.24) is 5.32 Å². The number of hydrogen-bond donors (Lipinski definition) is 2. The van der Waals surface area contributed by atoms with Crippen LogP contribution in [0.4, 0.5) is 5.69 Å². The maximum Gasteiger partial charge on any atom is 0.119 e. The van der Waals surface area contributed by atoms with Crippen LogP contribution in [0.15, 0.2) is 24.3 Å². The van der Waals surface area contributed by atoms with Gasteiger partial charge in [0.1, 0.15) is 5.75 Å². The molecular weight excluding hydrogens is 212 g/mol. The molecule has 1 aromatic rings. The number of nitrogens with one attached hydrogen (secondary N) is 2. The molecule has 2 rings (SSSR count). The molecule has 0 aromatic heterocycles. The van der Waals surface area contributed by atoms with Gasteiger partial charge in [-0.15, -0.1) is 0 Å². The van der Waals surface area contributed by atoms with Gasteiger partial charge in [-0.25, -0.2) is 0 Å². The highest BCUT2D eigenvalue weighted by atomic mass is 16.5. The predicted octanol–water partition coefficient (Wildman–Crippen LogP) is 2.64. The van der Waals surface area contributed by atoms with Gasteiger partial charge in [0.25, 0.3) is 0 Å². The van der Waals surface area contributed by atoms with Gasteiger partial charge in [0.2, 0.25) is 0 Å². The molecule has 0 saturated carbocycles. The highest BCUT2D eigenvalue weighted by Gasteiger charge is 2.11. The number of hydrogen-bond acceptors (Lipinski definition) is 3. The van der Waals surface area contributed by atoms with E-state index in [4.69, 9.17) is 4.74 Å². The first kappa shape index (κ1) is 12.2. The topological polar surface area (TPSA) is 33.3 Å². The number of rotatable bonds is 5. The molecule has 94 valence electrons. The molecule has 0 aliphatic carbocycles. The molecule has 1 heterocycles. The minimum atomic E-state index is 0.621. The lowest BCUT2D eigenvalue weighted by Crippen LogP contribution is -2.39. The summed E-state index contributed by atoms with van der Waals surface area (Å²) in [5.41, 5.74) is 1.17. The Morgan fingerprint density at radius 1 is 1.29 bits per heavy atom. The van der Waals surface area contributed by atoms with Crippen molar-refractivity contribution in [2.45, 2.75) is 32.2 Å². The standard InChI is InChI=1S/C14H22N2O/c1-2-17-14-8-6-12(7-9-14)16-11-13-5-3-4-10-15-13/h6-9,13,15-16H,2-5,10-11H2,1H3. The van der Waals surface area contributed by atoms with Crippen LogP contribution < -0.4 is 15.4 Å². The summed E-state index contributed by atoms with van der Waals surface area (Å²) in [5.74, 6) is 0.939. The Hall–Kier alpha value is -1.22. The van der Waals surface area contributed by atoms with Gasteiger partial charge in [0.15, 0.2) is 0 Å².